The molecular formula is C47H52F2N10O6. The SMILES string of the molecule is CN(Cc1ccc(-n2cc(NC(=O)c3coc(-c4ccnc(CCC5CC5)c4)n3)c(C(F)F)n2)cc1)C[C@@H]1CN(CCCc2ccc3c(c2)n(C)c(=O)n3C2CCC(=O)NC2=O)CCO1. The first-order valence-corrected chi connectivity index (χ1v) is 22.2. The minimum Gasteiger partial charge on any atom is -0.444 e. The molecule has 4 aromatic heterocycles. The Morgan fingerprint density at radius 1 is 1.02 bits per heavy atom. The first-order chi connectivity index (χ1) is 31.4. The third-order valence-corrected chi connectivity index (χ3v) is 12.5. The van der Waals surface area contributed by atoms with Crippen LogP contribution in [-0.4, -0.2) is 102 Å². The van der Waals surface area contributed by atoms with Crippen LogP contribution in [0.25, 0.3) is 28.2 Å². The number of nitrogens with one attached hydrogen (secondary N) is 2. The second kappa shape index (κ2) is 19.0. The molecule has 1 aliphatic carbocycles. The second-order valence-corrected chi connectivity index (χ2v) is 17.4. The Bertz CT molecular complexity index is 2760. The number of morpholine rings is 1. The number of halogens is 2. The number of rotatable bonds is 17. The van der Waals surface area contributed by atoms with E-state index in [-0.39, 0.29) is 41.4 Å². The zero-order valence-electron chi connectivity index (χ0n) is 36.4. The highest BCUT2D eigenvalue weighted by molar-refractivity contribution is 6.03. The van der Waals surface area contributed by atoms with Gasteiger partial charge < -0.3 is 14.5 Å². The van der Waals surface area contributed by atoms with Gasteiger partial charge in [0.2, 0.25) is 17.7 Å². The van der Waals surface area contributed by atoms with E-state index in [0.29, 0.717) is 42.9 Å². The lowest BCUT2D eigenvalue weighted by Crippen LogP contribution is -2.47. The van der Waals surface area contributed by atoms with Crippen LogP contribution in [0.15, 0.2) is 82.5 Å². The van der Waals surface area contributed by atoms with Gasteiger partial charge in [-0.15, -0.1) is 0 Å². The molecule has 3 amide bonds. The van der Waals surface area contributed by atoms with Gasteiger partial charge in [-0.25, -0.2) is 23.2 Å². The second-order valence-electron chi connectivity index (χ2n) is 17.4. The van der Waals surface area contributed by atoms with Gasteiger partial charge in [0.05, 0.1) is 41.3 Å². The number of carbonyl (C=O) groups excluding carboxylic acids is 3. The fourth-order valence-electron chi connectivity index (χ4n) is 8.85. The van der Waals surface area contributed by atoms with Crippen LogP contribution in [0.2, 0.25) is 0 Å². The van der Waals surface area contributed by atoms with E-state index in [1.807, 2.05) is 43.4 Å². The number of likely N-dealkylation sites (N-methyl/N-ethyl adjacent to an activating group) is 1. The average Bonchev–Trinajstić information content (AvgIpc) is 3.71. The molecule has 2 saturated heterocycles. The maximum atomic E-state index is 14.2. The number of pyridine rings is 1. The molecule has 3 fully saturated rings. The highest BCUT2D eigenvalue weighted by atomic mass is 19.3. The Morgan fingerprint density at radius 3 is 2.62 bits per heavy atom. The topological polar surface area (TPSA) is 175 Å². The molecule has 6 aromatic rings. The van der Waals surface area contributed by atoms with Crippen molar-refractivity contribution in [1.82, 2.24) is 44.0 Å². The van der Waals surface area contributed by atoms with Crippen molar-refractivity contribution in [3.05, 3.63) is 112 Å². The van der Waals surface area contributed by atoms with Crippen molar-refractivity contribution >= 4 is 34.4 Å². The van der Waals surface area contributed by atoms with Crippen LogP contribution < -0.4 is 16.3 Å². The number of hydrogen-bond acceptors (Lipinski definition) is 11. The van der Waals surface area contributed by atoms with E-state index in [2.05, 4.69) is 35.5 Å². The molecule has 18 heteroatoms. The molecule has 2 aliphatic heterocycles. The molecule has 65 heavy (non-hydrogen) atoms. The third-order valence-electron chi connectivity index (χ3n) is 12.5. The van der Waals surface area contributed by atoms with E-state index in [9.17, 15) is 28.0 Å². The zero-order valence-corrected chi connectivity index (χ0v) is 36.4. The van der Waals surface area contributed by atoms with E-state index >= 15 is 0 Å². The van der Waals surface area contributed by atoms with Gasteiger partial charge in [-0.3, -0.25) is 43.6 Å². The van der Waals surface area contributed by atoms with Crippen LogP contribution in [0, 0.1) is 5.92 Å². The predicted molar refractivity (Wildman–Crippen MR) is 237 cm³/mol. The summed E-state index contributed by atoms with van der Waals surface area (Å²) in [6.07, 6.45) is 8.05. The summed E-state index contributed by atoms with van der Waals surface area (Å²) in [6.45, 7) is 4.50. The Hall–Kier alpha value is -6.37. The first kappa shape index (κ1) is 43.9. The average molecular weight is 891 g/mol. The summed E-state index contributed by atoms with van der Waals surface area (Å²) in [5, 5.41) is 9.01. The number of imide groups is 1. The number of carbonyl (C=O) groups is 3. The maximum absolute atomic E-state index is 14.2. The summed E-state index contributed by atoms with van der Waals surface area (Å²) in [4.78, 5) is 64.0. The van der Waals surface area contributed by atoms with Crippen molar-refractivity contribution < 1.29 is 32.3 Å². The largest absolute Gasteiger partial charge is 0.444 e. The lowest BCUT2D eigenvalue weighted by Gasteiger charge is -2.35. The molecule has 0 bridgehead atoms. The highest BCUT2D eigenvalue weighted by Gasteiger charge is 2.31. The normalized spacial score (nSPS) is 18.2. The molecule has 1 unspecified atom stereocenters. The molecule has 9 rings (SSSR count). The van der Waals surface area contributed by atoms with Crippen LogP contribution in [0.1, 0.15) is 84.0 Å². The number of hydrogen-bond donors (Lipinski definition) is 2. The summed E-state index contributed by atoms with van der Waals surface area (Å²) in [7, 11) is 3.74. The quantitative estimate of drug-likeness (QED) is 0.105. The van der Waals surface area contributed by atoms with Gasteiger partial charge >= 0.3 is 5.69 Å². The van der Waals surface area contributed by atoms with Gasteiger partial charge in [0.25, 0.3) is 12.3 Å². The number of aryl methyl sites for hydroxylation is 3. The zero-order chi connectivity index (χ0) is 45.2. The van der Waals surface area contributed by atoms with Crippen molar-refractivity contribution in [3.63, 3.8) is 0 Å². The molecule has 0 spiro atoms. The van der Waals surface area contributed by atoms with Crippen molar-refractivity contribution in [2.24, 2.45) is 13.0 Å². The molecule has 1 saturated carbocycles. The Balaban J connectivity index is 0.754. The van der Waals surface area contributed by atoms with Gasteiger partial charge in [0.1, 0.15) is 12.3 Å². The number of benzene rings is 2. The fourth-order valence-corrected chi connectivity index (χ4v) is 8.85. The van der Waals surface area contributed by atoms with Crippen LogP contribution >= 0.6 is 0 Å². The van der Waals surface area contributed by atoms with Gasteiger partial charge in [-0.2, -0.15) is 5.10 Å². The molecular weight excluding hydrogens is 839 g/mol. The van der Waals surface area contributed by atoms with Crippen LogP contribution in [0.4, 0.5) is 14.5 Å². The van der Waals surface area contributed by atoms with Gasteiger partial charge in [-0.05, 0) is 99.1 Å². The van der Waals surface area contributed by atoms with E-state index in [1.165, 1.54) is 34.6 Å². The summed E-state index contributed by atoms with van der Waals surface area (Å²) < 4.78 is 44.5. The number of amides is 3. The minimum absolute atomic E-state index is 0.0188. The fraction of sp³-hybridized carbons (Fsp3) is 0.426. The van der Waals surface area contributed by atoms with Crippen molar-refractivity contribution in [2.75, 3.05) is 45.2 Å². The molecule has 2 N–H and O–H groups in total. The highest BCUT2D eigenvalue weighted by Crippen LogP contribution is 2.34. The first-order valence-electron chi connectivity index (χ1n) is 22.2. The van der Waals surface area contributed by atoms with E-state index in [4.69, 9.17) is 9.15 Å². The lowest BCUT2D eigenvalue weighted by molar-refractivity contribution is -0.135. The molecule has 2 aromatic carbocycles. The summed E-state index contributed by atoms with van der Waals surface area (Å²) in [5.41, 5.74) is 4.71. The number of alkyl halides is 2. The molecule has 340 valence electrons. The van der Waals surface area contributed by atoms with E-state index < -0.39 is 30.0 Å². The van der Waals surface area contributed by atoms with Crippen molar-refractivity contribution in [2.45, 2.75) is 76.5 Å². The number of oxazole rings is 1. The maximum Gasteiger partial charge on any atom is 0.329 e. The molecule has 0 radical (unpaired) electrons. The number of piperidine rings is 1. The van der Waals surface area contributed by atoms with Gasteiger partial charge in [0, 0.05) is 57.1 Å². The van der Waals surface area contributed by atoms with E-state index in [1.54, 1.807) is 36.0 Å². The molecule has 16 nitrogen and oxygen atoms in total. The number of aromatic nitrogens is 6. The van der Waals surface area contributed by atoms with Crippen LogP contribution in [-0.2, 0) is 40.8 Å². The Labute approximate surface area is 373 Å². The monoisotopic (exact) mass is 890 g/mol. The minimum atomic E-state index is -2.93. The van der Waals surface area contributed by atoms with Gasteiger partial charge in [0.15, 0.2) is 11.4 Å². The third kappa shape index (κ3) is 10.1. The molecule has 6 heterocycles. The molecule has 2 atom stereocenters. The standard InChI is InChI=1S/C47H52F2N10O6/c1-55(25-35-26-57(20-21-64-35)19-3-4-30-10-14-38-40(22-30)56(2)47(63)59(38)39-15-16-41(60)53-45(39)62)24-31-8-12-34(13-9-31)58-27-36(42(54-58)43(48)49)51-44(61)37-28-65-46(52-37)32-17-18-50-33(23-32)11-7-29-5-6-29/h8-10,12-14,17-18,22-23,27-29,35,39,43H,3-7,11,15-16,19-21,24-26H2,1-2H3,(H,51,61)(H,53,60,62)/t35-,39?/m1/s1. The van der Waals surface area contributed by atoms with Crippen LogP contribution in [0.5, 0.6) is 0 Å². The number of fused-ring (bicyclic) bond motifs is 1. The van der Waals surface area contributed by atoms with E-state index in [0.717, 1.165) is 73.6 Å². The molecule has 3 aliphatic rings. The summed E-state index contributed by atoms with van der Waals surface area (Å²) >= 11 is 0. The van der Waals surface area contributed by atoms with Crippen molar-refractivity contribution in [3.8, 4) is 17.1 Å². The number of imidazole rings is 1. The summed E-state index contributed by atoms with van der Waals surface area (Å²) in [6, 6.07) is 16.3. The van der Waals surface area contributed by atoms with Gasteiger partial charge in [-0.1, -0.05) is 31.0 Å². The summed E-state index contributed by atoms with van der Waals surface area (Å²) in [5.74, 6) is -0.445. The lowest BCUT2D eigenvalue weighted by atomic mass is 10.0. The van der Waals surface area contributed by atoms with Crippen molar-refractivity contribution in [1.29, 1.82) is 0 Å². The smallest absolute Gasteiger partial charge is 0.329 e. The van der Waals surface area contributed by atoms with Crippen LogP contribution in [0.3, 0.4) is 0 Å². The Kier molecular flexibility index (Phi) is 12.8. The number of nitrogens with zero attached hydrogens (tertiary/aromatic N) is 8. The Morgan fingerprint density at radius 2 is 1.83 bits per heavy atom. The number of anilines is 1. The predicted octanol–water partition coefficient (Wildman–Crippen LogP) is 5.85. The number of ether oxygens (including phenoxy) is 1.